The van der Waals surface area contributed by atoms with Crippen LogP contribution < -0.4 is 0 Å². The summed E-state index contributed by atoms with van der Waals surface area (Å²) in [6.07, 6.45) is 1.65. The first-order chi connectivity index (χ1) is 10.6. The van der Waals surface area contributed by atoms with Gasteiger partial charge in [-0.2, -0.15) is 0 Å². The molecule has 0 N–H and O–H groups in total. The SMILES string of the molecule is O=NC(=O)c1ccc2ccnc(-c3cccc(Cl)c3Cl)c2c1. The number of rotatable bonds is 2. The van der Waals surface area contributed by atoms with E-state index in [4.69, 9.17) is 23.2 Å². The lowest BCUT2D eigenvalue weighted by molar-refractivity contribution is 0.100. The minimum absolute atomic E-state index is 0.204. The molecule has 0 aliphatic heterocycles. The second-order valence-corrected chi connectivity index (χ2v) is 5.38. The lowest BCUT2D eigenvalue weighted by atomic mass is 10.0. The molecule has 0 bridgehead atoms. The quantitative estimate of drug-likeness (QED) is 0.613. The van der Waals surface area contributed by atoms with Crippen LogP contribution in [0.3, 0.4) is 0 Å². The van der Waals surface area contributed by atoms with Crippen molar-refractivity contribution in [3.8, 4) is 11.3 Å². The lowest BCUT2D eigenvalue weighted by Gasteiger charge is -2.09. The van der Waals surface area contributed by atoms with Crippen LogP contribution in [0.5, 0.6) is 0 Å². The molecule has 2 aromatic carbocycles. The molecular formula is C16H8Cl2N2O2. The van der Waals surface area contributed by atoms with Crippen LogP contribution >= 0.6 is 23.2 Å². The van der Waals surface area contributed by atoms with Crippen LogP contribution in [0.15, 0.2) is 53.8 Å². The first kappa shape index (κ1) is 14.6. The Bertz CT molecular complexity index is 910. The van der Waals surface area contributed by atoms with Gasteiger partial charge in [0, 0.05) is 27.9 Å². The van der Waals surface area contributed by atoms with E-state index in [1.165, 1.54) is 0 Å². The van der Waals surface area contributed by atoms with Gasteiger partial charge in [0.25, 0.3) is 0 Å². The van der Waals surface area contributed by atoms with Gasteiger partial charge >= 0.3 is 5.91 Å². The molecule has 0 radical (unpaired) electrons. The molecule has 0 saturated heterocycles. The van der Waals surface area contributed by atoms with Crippen LogP contribution in [-0.4, -0.2) is 10.9 Å². The number of hydrogen-bond acceptors (Lipinski definition) is 3. The van der Waals surface area contributed by atoms with Crippen LogP contribution in [0, 0.1) is 4.91 Å². The normalized spacial score (nSPS) is 10.6. The van der Waals surface area contributed by atoms with Crippen molar-refractivity contribution in [3.05, 3.63) is 69.2 Å². The summed E-state index contributed by atoms with van der Waals surface area (Å²) in [5, 5.41) is 4.80. The third-order valence-corrected chi connectivity index (χ3v) is 4.12. The first-order valence-electron chi connectivity index (χ1n) is 6.32. The summed E-state index contributed by atoms with van der Waals surface area (Å²) >= 11 is 12.3. The van der Waals surface area contributed by atoms with E-state index in [0.717, 1.165) is 5.39 Å². The zero-order chi connectivity index (χ0) is 15.7. The Kier molecular flexibility index (Phi) is 3.88. The molecule has 0 fully saturated rings. The molecule has 22 heavy (non-hydrogen) atoms. The number of halogens is 2. The van der Waals surface area contributed by atoms with Crippen molar-refractivity contribution in [3.63, 3.8) is 0 Å². The van der Waals surface area contributed by atoms with Crippen LogP contribution in [-0.2, 0) is 0 Å². The number of carbonyl (C=O) groups excluding carboxylic acids is 1. The molecular weight excluding hydrogens is 323 g/mol. The molecule has 0 aliphatic rings. The molecule has 108 valence electrons. The van der Waals surface area contributed by atoms with Crippen molar-refractivity contribution in [1.82, 2.24) is 4.98 Å². The Morgan fingerprint density at radius 2 is 1.91 bits per heavy atom. The van der Waals surface area contributed by atoms with Crippen molar-refractivity contribution in [2.45, 2.75) is 0 Å². The first-order valence-corrected chi connectivity index (χ1v) is 7.08. The number of nitroso groups, excluding NO2 is 1. The zero-order valence-corrected chi connectivity index (χ0v) is 12.6. The molecule has 0 saturated carbocycles. The van der Waals surface area contributed by atoms with Crippen molar-refractivity contribution >= 4 is 39.9 Å². The summed E-state index contributed by atoms with van der Waals surface area (Å²) in [6, 6.07) is 11.9. The minimum atomic E-state index is -0.825. The average Bonchev–Trinajstić information content (AvgIpc) is 2.55. The Labute approximate surface area is 135 Å². The van der Waals surface area contributed by atoms with E-state index in [9.17, 15) is 9.70 Å². The number of fused-ring (bicyclic) bond motifs is 1. The van der Waals surface area contributed by atoms with Crippen LogP contribution in [0.4, 0.5) is 0 Å². The van der Waals surface area contributed by atoms with Gasteiger partial charge in [-0.3, -0.25) is 9.78 Å². The van der Waals surface area contributed by atoms with Crippen molar-refractivity contribution in [2.75, 3.05) is 0 Å². The molecule has 4 nitrogen and oxygen atoms in total. The summed E-state index contributed by atoms with van der Waals surface area (Å²) < 4.78 is 0. The smallest absolute Gasteiger partial charge is 0.263 e. The maximum absolute atomic E-state index is 11.5. The van der Waals surface area contributed by atoms with E-state index in [2.05, 4.69) is 10.2 Å². The molecule has 1 amide bonds. The van der Waals surface area contributed by atoms with E-state index in [-0.39, 0.29) is 5.56 Å². The number of benzene rings is 2. The van der Waals surface area contributed by atoms with Crippen LogP contribution in [0.1, 0.15) is 10.4 Å². The number of nitrogens with zero attached hydrogens (tertiary/aromatic N) is 2. The Morgan fingerprint density at radius 3 is 2.68 bits per heavy atom. The van der Waals surface area contributed by atoms with Gasteiger partial charge in [-0.25, -0.2) is 0 Å². The molecule has 6 heteroatoms. The number of carbonyl (C=O) groups is 1. The maximum atomic E-state index is 11.5. The third kappa shape index (κ3) is 2.47. The molecule has 0 spiro atoms. The zero-order valence-electron chi connectivity index (χ0n) is 11.1. The predicted molar refractivity (Wildman–Crippen MR) is 87.3 cm³/mol. The van der Waals surface area contributed by atoms with Gasteiger partial charge in [0.05, 0.1) is 15.7 Å². The highest BCUT2D eigenvalue weighted by molar-refractivity contribution is 6.43. The molecule has 3 aromatic rings. The highest BCUT2D eigenvalue weighted by Crippen LogP contribution is 2.36. The van der Waals surface area contributed by atoms with Gasteiger partial charge in [-0.1, -0.05) is 41.4 Å². The fraction of sp³-hybridized carbons (Fsp3) is 0. The van der Waals surface area contributed by atoms with Gasteiger partial charge in [-0.05, 0) is 29.7 Å². The monoisotopic (exact) mass is 330 g/mol. The Balaban J connectivity index is 2.31. The van der Waals surface area contributed by atoms with Gasteiger partial charge < -0.3 is 0 Å². The van der Waals surface area contributed by atoms with Crippen molar-refractivity contribution in [2.24, 2.45) is 5.18 Å². The fourth-order valence-corrected chi connectivity index (χ4v) is 2.65. The van der Waals surface area contributed by atoms with Gasteiger partial charge in [0.1, 0.15) is 0 Å². The largest absolute Gasteiger partial charge is 0.316 e. The summed E-state index contributed by atoms with van der Waals surface area (Å²) in [5.74, 6) is -0.825. The van der Waals surface area contributed by atoms with E-state index >= 15 is 0 Å². The van der Waals surface area contributed by atoms with Gasteiger partial charge in [0.2, 0.25) is 0 Å². The standard InChI is InChI=1S/C16H8Cl2N2O2/c17-13-3-1-2-11(14(13)18)15-12-8-10(16(21)20-22)5-4-9(12)6-7-19-15/h1-8H. The fourth-order valence-electron chi connectivity index (χ4n) is 2.26. The Morgan fingerprint density at radius 1 is 1.09 bits per heavy atom. The number of amides is 1. The molecule has 0 unspecified atom stereocenters. The molecule has 0 aliphatic carbocycles. The minimum Gasteiger partial charge on any atom is -0.263 e. The van der Waals surface area contributed by atoms with Crippen molar-refractivity contribution in [1.29, 1.82) is 0 Å². The Hall–Kier alpha value is -2.30. The summed E-state index contributed by atoms with van der Waals surface area (Å²) in [5.41, 5.74) is 1.45. The topological polar surface area (TPSA) is 59.4 Å². The number of hydrogen-bond donors (Lipinski definition) is 0. The van der Waals surface area contributed by atoms with Gasteiger partial charge in [0.15, 0.2) is 0 Å². The summed E-state index contributed by atoms with van der Waals surface area (Å²) in [7, 11) is 0. The van der Waals surface area contributed by atoms with E-state index in [1.54, 1.807) is 48.7 Å². The third-order valence-electron chi connectivity index (χ3n) is 3.30. The molecule has 1 aromatic heterocycles. The number of pyridine rings is 1. The predicted octanol–water partition coefficient (Wildman–Crippen LogP) is 5.12. The molecule has 0 atom stereocenters. The maximum Gasteiger partial charge on any atom is 0.316 e. The highest BCUT2D eigenvalue weighted by Gasteiger charge is 2.13. The van der Waals surface area contributed by atoms with Crippen LogP contribution in [0.25, 0.3) is 22.0 Å². The van der Waals surface area contributed by atoms with E-state index in [1.807, 2.05) is 0 Å². The van der Waals surface area contributed by atoms with E-state index < -0.39 is 5.91 Å². The molecule has 1 heterocycles. The highest BCUT2D eigenvalue weighted by atomic mass is 35.5. The second-order valence-electron chi connectivity index (χ2n) is 4.59. The average molecular weight is 331 g/mol. The lowest BCUT2D eigenvalue weighted by Crippen LogP contribution is -1.95. The van der Waals surface area contributed by atoms with Crippen LogP contribution in [0.2, 0.25) is 10.0 Å². The second kappa shape index (κ2) is 5.83. The van der Waals surface area contributed by atoms with Gasteiger partial charge in [-0.15, -0.1) is 4.91 Å². The van der Waals surface area contributed by atoms with E-state index in [0.29, 0.717) is 26.7 Å². The molecule has 3 rings (SSSR count). The summed E-state index contributed by atoms with van der Waals surface area (Å²) in [4.78, 5) is 26.3. The number of aromatic nitrogens is 1. The summed E-state index contributed by atoms with van der Waals surface area (Å²) in [6.45, 7) is 0. The van der Waals surface area contributed by atoms with Crippen molar-refractivity contribution < 1.29 is 4.79 Å².